The maximum atomic E-state index is 11.7. The van der Waals surface area contributed by atoms with Gasteiger partial charge in [-0.2, -0.15) is 5.26 Å². The number of aromatic nitrogens is 3. The number of nitrogens with zero attached hydrogens (tertiary/aromatic N) is 4. The van der Waals surface area contributed by atoms with Crippen LogP contribution in [0.4, 0.5) is 11.6 Å². The van der Waals surface area contributed by atoms with Crippen LogP contribution in [0.1, 0.15) is 17.7 Å². The van der Waals surface area contributed by atoms with E-state index in [9.17, 15) is 4.79 Å². The van der Waals surface area contributed by atoms with Gasteiger partial charge in [0.05, 0.1) is 12.4 Å². The van der Waals surface area contributed by atoms with Crippen LogP contribution < -0.4 is 10.6 Å². The second kappa shape index (κ2) is 6.96. The van der Waals surface area contributed by atoms with Crippen LogP contribution in [0.25, 0.3) is 0 Å². The minimum absolute atomic E-state index is 0.138. The van der Waals surface area contributed by atoms with Crippen molar-refractivity contribution in [1.82, 2.24) is 15.0 Å². The van der Waals surface area contributed by atoms with E-state index >= 15 is 0 Å². The molecule has 0 aliphatic heterocycles. The van der Waals surface area contributed by atoms with E-state index < -0.39 is 0 Å². The van der Waals surface area contributed by atoms with E-state index in [0.717, 1.165) is 5.56 Å². The smallest absolute Gasteiger partial charge is 0.227 e. The highest BCUT2D eigenvalue weighted by atomic mass is 16.1. The van der Waals surface area contributed by atoms with Gasteiger partial charge in [0, 0.05) is 19.2 Å². The molecule has 0 saturated carbocycles. The van der Waals surface area contributed by atoms with E-state index in [1.54, 1.807) is 12.3 Å². The lowest BCUT2D eigenvalue weighted by Crippen LogP contribution is -2.17. The fourth-order valence-electron chi connectivity index (χ4n) is 1.53. The molecule has 7 nitrogen and oxygen atoms in total. The molecule has 1 amide bonds. The van der Waals surface area contributed by atoms with Gasteiger partial charge in [-0.05, 0) is 18.6 Å². The summed E-state index contributed by atoms with van der Waals surface area (Å²) >= 11 is 0. The van der Waals surface area contributed by atoms with Crippen molar-refractivity contribution in [1.29, 1.82) is 5.26 Å². The van der Waals surface area contributed by atoms with E-state index in [4.69, 9.17) is 5.26 Å². The molecule has 0 aliphatic carbocycles. The summed E-state index contributed by atoms with van der Waals surface area (Å²) < 4.78 is 0. The molecule has 2 N–H and O–H groups in total. The van der Waals surface area contributed by atoms with Gasteiger partial charge in [0.25, 0.3) is 0 Å². The maximum absolute atomic E-state index is 11.7. The second-order valence-electron chi connectivity index (χ2n) is 4.34. The van der Waals surface area contributed by atoms with Gasteiger partial charge in [-0.3, -0.25) is 4.79 Å². The minimum atomic E-state index is -0.138. The normalized spacial score (nSPS) is 9.71. The minimum Gasteiger partial charge on any atom is -0.368 e. The van der Waals surface area contributed by atoms with Crippen LogP contribution in [-0.4, -0.2) is 27.4 Å². The first-order valence-corrected chi connectivity index (χ1v) is 6.36. The van der Waals surface area contributed by atoms with Crippen molar-refractivity contribution < 1.29 is 4.79 Å². The summed E-state index contributed by atoms with van der Waals surface area (Å²) in [5, 5.41) is 14.3. The van der Waals surface area contributed by atoms with E-state index in [-0.39, 0.29) is 18.0 Å². The number of pyridine rings is 1. The zero-order valence-corrected chi connectivity index (χ0v) is 11.5. The van der Waals surface area contributed by atoms with Crippen molar-refractivity contribution in [2.75, 3.05) is 17.2 Å². The topological polar surface area (TPSA) is 104 Å². The molecule has 0 atom stereocenters. The average molecular weight is 282 g/mol. The zero-order valence-electron chi connectivity index (χ0n) is 11.5. The third-order valence-corrected chi connectivity index (χ3v) is 2.60. The van der Waals surface area contributed by atoms with Crippen LogP contribution in [0, 0.1) is 18.3 Å². The van der Waals surface area contributed by atoms with Crippen molar-refractivity contribution in [2.24, 2.45) is 0 Å². The molecule has 0 aromatic carbocycles. The highest BCUT2D eigenvalue weighted by Crippen LogP contribution is 2.05. The van der Waals surface area contributed by atoms with Crippen molar-refractivity contribution >= 4 is 17.5 Å². The molecule has 0 spiro atoms. The van der Waals surface area contributed by atoms with Crippen molar-refractivity contribution in [2.45, 2.75) is 13.3 Å². The van der Waals surface area contributed by atoms with Gasteiger partial charge in [-0.1, -0.05) is 6.07 Å². The number of amides is 1. The molecule has 0 aliphatic rings. The van der Waals surface area contributed by atoms with Crippen LogP contribution in [-0.2, 0) is 4.79 Å². The lowest BCUT2D eigenvalue weighted by Gasteiger charge is -2.06. The van der Waals surface area contributed by atoms with Gasteiger partial charge in [0.1, 0.15) is 17.7 Å². The largest absolute Gasteiger partial charge is 0.368 e. The quantitative estimate of drug-likeness (QED) is 0.861. The monoisotopic (exact) mass is 282 g/mol. The summed E-state index contributed by atoms with van der Waals surface area (Å²) in [4.78, 5) is 23.7. The third kappa shape index (κ3) is 4.54. The summed E-state index contributed by atoms with van der Waals surface area (Å²) in [7, 11) is 0. The summed E-state index contributed by atoms with van der Waals surface area (Å²) in [5.41, 5.74) is 1.29. The number of hydrogen-bond acceptors (Lipinski definition) is 6. The van der Waals surface area contributed by atoms with Gasteiger partial charge in [-0.25, -0.2) is 15.0 Å². The van der Waals surface area contributed by atoms with E-state index in [0.29, 0.717) is 18.2 Å². The summed E-state index contributed by atoms with van der Waals surface area (Å²) in [5.74, 6) is 0.916. The molecule has 0 saturated heterocycles. The summed E-state index contributed by atoms with van der Waals surface area (Å²) in [6, 6.07) is 5.53. The molecule has 0 fully saturated rings. The lowest BCUT2D eigenvalue weighted by molar-refractivity contribution is -0.116. The van der Waals surface area contributed by atoms with E-state index in [1.165, 1.54) is 12.4 Å². The van der Waals surface area contributed by atoms with Crippen molar-refractivity contribution in [3.8, 4) is 6.07 Å². The van der Waals surface area contributed by atoms with Gasteiger partial charge in [0.2, 0.25) is 5.91 Å². The van der Waals surface area contributed by atoms with Crippen LogP contribution in [0.5, 0.6) is 0 Å². The molecular formula is C14H14N6O. The van der Waals surface area contributed by atoms with E-state index in [2.05, 4.69) is 25.6 Å². The van der Waals surface area contributed by atoms with Crippen LogP contribution >= 0.6 is 0 Å². The molecule has 0 bridgehead atoms. The Morgan fingerprint density at radius 1 is 1.19 bits per heavy atom. The standard InChI is InChI=1S/C14H14N6O/c1-10-2-3-12(18-7-10)20-14(21)4-5-16-13-9-17-11(6-15)8-19-13/h2-3,7-9H,4-5H2,1H3,(H,16,19)(H,18,20,21). The Kier molecular flexibility index (Phi) is 4.77. The number of anilines is 2. The molecule has 2 aromatic heterocycles. The number of rotatable bonds is 5. The van der Waals surface area contributed by atoms with Gasteiger partial charge >= 0.3 is 0 Å². The molecule has 2 heterocycles. The van der Waals surface area contributed by atoms with Gasteiger partial charge in [-0.15, -0.1) is 0 Å². The average Bonchev–Trinajstić information content (AvgIpc) is 2.50. The number of nitrogens with one attached hydrogen (secondary N) is 2. The molecular weight excluding hydrogens is 268 g/mol. The Morgan fingerprint density at radius 3 is 2.62 bits per heavy atom. The molecule has 106 valence electrons. The number of carbonyl (C=O) groups excluding carboxylic acids is 1. The first kappa shape index (κ1) is 14.4. The van der Waals surface area contributed by atoms with Crippen LogP contribution in [0.15, 0.2) is 30.7 Å². The molecule has 21 heavy (non-hydrogen) atoms. The number of hydrogen-bond donors (Lipinski definition) is 2. The molecule has 0 radical (unpaired) electrons. The summed E-state index contributed by atoms with van der Waals surface area (Å²) in [6.07, 6.45) is 4.80. The number of carbonyl (C=O) groups is 1. The molecule has 7 heteroatoms. The van der Waals surface area contributed by atoms with Crippen molar-refractivity contribution in [3.63, 3.8) is 0 Å². The fourth-order valence-corrected chi connectivity index (χ4v) is 1.53. The predicted molar refractivity (Wildman–Crippen MR) is 77.5 cm³/mol. The first-order chi connectivity index (χ1) is 10.2. The number of nitriles is 1. The molecule has 0 unspecified atom stereocenters. The predicted octanol–water partition coefficient (Wildman–Crippen LogP) is 1.49. The second-order valence-corrected chi connectivity index (χ2v) is 4.34. The summed E-state index contributed by atoms with van der Waals surface area (Å²) in [6.45, 7) is 2.35. The van der Waals surface area contributed by atoms with Gasteiger partial charge < -0.3 is 10.6 Å². The third-order valence-electron chi connectivity index (χ3n) is 2.60. The Balaban J connectivity index is 1.76. The Bertz CT molecular complexity index is 645. The van der Waals surface area contributed by atoms with Gasteiger partial charge in [0.15, 0.2) is 5.69 Å². The Morgan fingerprint density at radius 2 is 2.00 bits per heavy atom. The van der Waals surface area contributed by atoms with E-state index in [1.807, 2.05) is 19.1 Å². The first-order valence-electron chi connectivity index (χ1n) is 6.36. The fraction of sp³-hybridized carbons (Fsp3) is 0.214. The van der Waals surface area contributed by atoms with Crippen LogP contribution in [0.3, 0.4) is 0 Å². The van der Waals surface area contributed by atoms with Crippen LogP contribution in [0.2, 0.25) is 0 Å². The number of aryl methyl sites for hydroxylation is 1. The lowest BCUT2D eigenvalue weighted by atomic mass is 10.3. The molecule has 2 aromatic rings. The Hall–Kier alpha value is -3.01. The zero-order chi connectivity index (χ0) is 15.1. The maximum Gasteiger partial charge on any atom is 0.227 e. The highest BCUT2D eigenvalue weighted by molar-refractivity contribution is 5.89. The molecule has 2 rings (SSSR count). The highest BCUT2D eigenvalue weighted by Gasteiger charge is 2.03. The Labute approximate surface area is 122 Å². The van der Waals surface area contributed by atoms with Crippen molar-refractivity contribution in [3.05, 3.63) is 42.0 Å². The SMILES string of the molecule is Cc1ccc(NC(=O)CCNc2cnc(C#N)cn2)nc1.